The number of thioether (sulfide) groups is 1. The van der Waals surface area contributed by atoms with Crippen LogP contribution in [0.1, 0.15) is 20.9 Å². The van der Waals surface area contributed by atoms with Gasteiger partial charge in [-0.3, -0.25) is 10.1 Å². The summed E-state index contributed by atoms with van der Waals surface area (Å²) < 4.78 is 37.6. The van der Waals surface area contributed by atoms with Crippen LogP contribution in [0.4, 0.5) is 18.3 Å². The lowest BCUT2D eigenvalue weighted by atomic mass is 10.1. The van der Waals surface area contributed by atoms with E-state index in [2.05, 4.69) is 25.5 Å². The van der Waals surface area contributed by atoms with E-state index in [-0.39, 0.29) is 16.5 Å². The molecule has 0 aliphatic heterocycles. The van der Waals surface area contributed by atoms with E-state index in [9.17, 15) is 18.0 Å². The number of amides is 1. The highest BCUT2D eigenvalue weighted by molar-refractivity contribution is 7.98. The van der Waals surface area contributed by atoms with Crippen LogP contribution in [-0.2, 0) is 11.9 Å². The fourth-order valence-electron chi connectivity index (χ4n) is 2.46. The molecule has 11 heteroatoms. The fraction of sp³-hybridized carbons (Fsp3) is 0.111. The normalized spacial score (nSPS) is 11.7. The second-order valence-corrected chi connectivity index (χ2v) is 7.85. The minimum atomic E-state index is -4.58. The summed E-state index contributed by atoms with van der Waals surface area (Å²) in [5, 5.41) is 8.20. The third kappa shape index (κ3) is 4.57. The summed E-state index contributed by atoms with van der Waals surface area (Å²) in [6.07, 6.45) is -4.58. The number of H-pyrrole nitrogens is 1. The van der Waals surface area contributed by atoms with Gasteiger partial charge in [0.05, 0.1) is 11.0 Å². The van der Waals surface area contributed by atoms with Crippen LogP contribution in [-0.4, -0.2) is 26.1 Å². The lowest BCUT2D eigenvalue weighted by Gasteiger charge is -2.03. The number of nitrogens with one attached hydrogen (secondary N) is 2. The third-order valence-electron chi connectivity index (χ3n) is 3.85. The average molecular weight is 435 g/mol. The van der Waals surface area contributed by atoms with Gasteiger partial charge in [0, 0.05) is 11.3 Å². The smallest absolute Gasteiger partial charge is 0.333 e. The van der Waals surface area contributed by atoms with Gasteiger partial charge < -0.3 is 4.98 Å². The van der Waals surface area contributed by atoms with Crippen LogP contribution in [0.15, 0.2) is 53.7 Å². The predicted molar refractivity (Wildman–Crippen MR) is 105 cm³/mol. The second kappa shape index (κ2) is 7.84. The Hall–Kier alpha value is -2.92. The van der Waals surface area contributed by atoms with Crippen LogP contribution >= 0.6 is 23.1 Å². The first-order valence-corrected chi connectivity index (χ1v) is 10.1. The van der Waals surface area contributed by atoms with Gasteiger partial charge in [0.1, 0.15) is 0 Å². The van der Waals surface area contributed by atoms with E-state index >= 15 is 0 Å². The van der Waals surface area contributed by atoms with Crippen molar-refractivity contribution in [2.75, 3.05) is 5.32 Å². The molecule has 0 fully saturated rings. The number of fused-ring (bicyclic) bond motifs is 1. The van der Waals surface area contributed by atoms with E-state index in [0.29, 0.717) is 11.3 Å². The van der Waals surface area contributed by atoms with E-state index in [1.54, 1.807) is 24.3 Å². The van der Waals surface area contributed by atoms with Crippen molar-refractivity contribution >= 4 is 45.2 Å². The minimum absolute atomic E-state index is 0.202. The molecule has 0 aliphatic rings. The lowest BCUT2D eigenvalue weighted by Crippen LogP contribution is -2.11. The predicted octanol–water partition coefficient (Wildman–Crippen LogP) is 4.98. The van der Waals surface area contributed by atoms with Crippen molar-refractivity contribution in [2.45, 2.75) is 17.1 Å². The third-order valence-corrected chi connectivity index (χ3v) is 5.68. The number of hydrogen-bond acceptors (Lipinski definition) is 6. The molecule has 2 heterocycles. The van der Waals surface area contributed by atoms with Crippen LogP contribution in [0, 0.1) is 0 Å². The molecule has 4 rings (SSSR count). The Morgan fingerprint density at radius 1 is 1.10 bits per heavy atom. The standard InChI is InChI=1S/C18H12F3N5OS2/c19-18(20,21)15-25-26-17(29-15)24-14(27)11-7-5-10(6-8-11)9-28-16-22-12-3-1-2-4-13(12)23-16/h1-8H,9H2,(H,22,23)(H,24,26,27). The number of aromatic nitrogens is 4. The molecule has 0 radical (unpaired) electrons. The van der Waals surface area contributed by atoms with Crippen molar-refractivity contribution in [3.63, 3.8) is 0 Å². The van der Waals surface area contributed by atoms with Crippen molar-refractivity contribution < 1.29 is 18.0 Å². The van der Waals surface area contributed by atoms with Crippen LogP contribution in [0.25, 0.3) is 11.0 Å². The molecule has 0 saturated heterocycles. The summed E-state index contributed by atoms with van der Waals surface area (Å²) in [5.41, 5.74) is 3.15. The number of imidazole rings is 1. The van der Waals surface area contributed by atoms with Crippen LogP contribution in [0.5, 0.6) is 0 Å². The zero-order valence-electron chi connectivity index (χ0n) is 14.5. The molecule has 4 aromatic rings. The monoisotopic (exact) mass is 435 g/mol. The van der Waals surface area contributed by atoms with E-state index < -0.39 is 17.1 Å². The summed E-state index contributed by atoms with van der Waals surface area (Å²) >= 11 is 1.81. The number of carbonyl (C=O) groups excluding carboxylic acids is 1. The molecule has 6 nitrogen and oxygen atoms in total. The van der Waals surface area contributed by atoms with Gasteiger partial charge in [-0.2, -0.15) is 13.2 Å². The first-order valence-electron chi connectivity index (χ1n) is 8.27. The van der Waals surface area contributed by atoms with Crippen molar-refractivity contribution in [1.29, 1.82) is 0 Å². The number of aromatic amines is 1. The van der Waals surface area contributed by atoms with E-state index in [1.165, 1.54) is 11.8 Å². The molecule has 1 amide bonds. The quantitative estimate of drug-likeness (QED) is 0.432. The topological polar surface area (TPSA) is 83.6 Å². The maximum absolute atomic E-state index is 12.5. The van der Waals surface area contributed by atoms with Crippen LogP contribution in [0.3, 0.4) is 0 Å². The molecule has 0 atom stereocenters. The Balaban J connectivity index is 1.36. The van der Waals surface area contributed by atoms with Gasteiger partial charge in [-0.15, -0.1) is 10.2 Å². The van der Waals surface area contributed by atoms with Crippen molar-refractivity contribution in [3.05, 3.63) is 64.7 Å². The fourth-order valence-corrected chi connectivity index (χ4v) is 3.91. The lowest BCUT2D eigenvalue weighted by molar-refractivity contribution is -0.138. The number of rotatable bonds is 5. The number of alkyl halides is 3. The summed E-state index contributed by atoms with van der Waals surface area (Å²) in [6, 6.07) is 14.5. The SMILES string of the molecule is O=C(Nc1nnc(C(F)(F)F)s1)c1ccc(CSc2nc3ccccc3[nH]2)cc1. The highest BCUT2D eigenvalue weighted by Crippen LogP contribution is 2.33. The Morgan fingerprint density at radius 3 is 2.55 bits per heavy atom. The van der Waals surface area contributed by atoms with Crippen molar-refractivity contribution in [2.24, 2.45) is 0 Å². The molecule has 29 heavy (non-hydrogen) atoms. The maximum Gasteiger partial charge on any atom is 0.445 e. The summed E-state index contributed by atoms with van der Waals surface area (Å²) in [4.78, 5) is 19.9. The van der Waals surface area contributed by atoms with Crippen molar-refractivity contribution in [1.82, 2.24) is 20.2 Å². The molecule has 2 aromatic carbocycles. The number of halogens is 3. The molecular weight excluding hydrogens is 423 g/mol. The van der Waals surface area contributed by atoms with E-state index in [4.69, 9.17) is 0 Å². The molecular formula is C18H12F3N5OS2. The van der Waals surface area contributed by atoms with E-state index in [0.717, 1.165) is 21.8 Å². The largest absolute Gasteiger partial charge is 0.445 e. The Kier molecular flexibility index (Phi) is 5.24. The molecule has 0 bridgehead atoms. The zero-order valence-corrected chi connectivity index (χ0v) is 16.2. The Bertz CT molecular complexity index is 1120. The number of hydrogen-bond donors (Lipinski definition) is 2. The summed E-state index contributed by atoms with van der Waals surface area (Å²) in [7, 11) is 0. The van der Waals surface area contributed by atoms with Crippen molar-refractivity contribution in [3.8, 4) is 0 Å². The average Bonchev–Trinajstić information content (AvgIpc) is 3.33. The molecule has 148 valence electrons. The highest BCUT2D eigenvalue weighted by atomic mass is 32.2. The van der Waals surface area contributed by atoms with Gasteiger partial charge in [0.15, 0.2) is 5.16 Å². The van der Waals surface area contributed by atoms with Gasteiger partial charge in [0.2, 0.25) is 10.1 Å². The molecule has 2 N–H and O–H groups in total. The van der Waals surface area contributed by atoms with Gasteiger partial charge in [-0.25, -0.2) is 4.98 Å². The number of benzene rings is 2. The molecule has 0 aliphatic carbocycles. The molecule has 0 unspecified atom stereocenters. The van der Waals surface area contributed by atoms with Crippen LogP contribution in [0.2, 0.25) is 0 Å². The minimum Gasteiger partial charge on any atom is -0.333 e. The number of anilines is 1. The van der Waals surface area contributed by atoms with Gasteiger partial charge in [-0.05, 0) is 29.8 Å². The number of nitrogens with zero attached hydrogens (tertiary/aromatic N) is 3. The van der Waals surface area contributed by atoms with Gasteiger partial charge in [-0.1, -0.05) is 47.4 Å². The Morgan fingerprint density at radius 2 is 1.86 bits per heavy atom. The van der Waals surface area contributed by atoms with Crippen LogP contribution < -0.4 is 5.32 Å². The van der Waals surface area contributed by atoms with Gasteiger partial charge >= 0.3 is 6.18 Å². The maximum atomic E-state index is 12.5. The molecule has 2 aromatic heterocycles. The Labute approximate surface area is 170 Å². The van der Waals surface area contributed by atoms with Gasteiger partial charge in [0.25, 0.3) is 5.91 Å². The first kappa shape index (κ1) is 19.4. The zero-order chi connectivity index (χ0) is 20.4. The number of carbonyl (C=O) groups is 1. The molecule has 0 spiro atoms. The number of para-hydroxylation sites is 2. The van der Waals surface area contributed by atoms with E-state index in [1.807, 2.05) is 24.3 Å². The summed E-state index contributed by atoms with van der Waals surface area (Å²) in [5.74, 6) is 0.0962. The summed E-state index contributed by atoms with van der Waals surface area (Å²) in [6.45, 7) is 0. The highest BCUT2D eigenvalue weighted by Gasteiger charge is 2.35. The molecule has 0 saturated carbocycles. The first-order chi connectivity index (χ1) is 13.9. The second-order valence-electron chi connectivity index (χ2n) is 5.91.